The molecule has 0 aliphatic carbocycles. The average Bonchev–Trinajstić information content (AvgIpc) is 3.23. The highest BCUT2D eigenvalue weighted by atomic mass is 32.2. The van der Waals surface area contributed by atoms with Gasteiger partial charge in [0.05, 0.1) is 16.0 Å². The maximum atomic E-state index is 10.5. The fraction of sp³-hybridized carbons (Fsp3) is 0.143. The minimum atomic E-state index is -4.02. The summed E-state index contributed by atoms with van der Waals surface area (Å²) in [5, 5.41) is 6.34. The monoisotopic (exact) mass is 504 g/mol. The fourth-order valence-corrected chi connectivity index (χ4v) is 5.66. The molecule has 2 N–H and O–H groups in total. The summed E-state index contributed by atoms with van der Waals surface area (Å²) in [6.45, 7) is 5.06. The van der Waals surface area contributed by atoms with Crippen molar-refractivity contribution in [3.05, 3.63) is 109 Å². The predicted octanol–water partition coefficient (Wildman–Crippen LogP) is 6.97. The van der Waals surface area contributed by atoms with Gasteiger partial charge in [0.2, 0.25) is 0 Å². The molecule has 35 heavy (non-hydrogen) atoms. The van der Waals surface area contributed by atoms with Crippen molar-refractivity contribution >= 4 is 44.0 Å². The van der Waals surface area contributed by atoms with Gasteiger partial charge in [-0.15, -0.1) is 0 Å². The van der Waals surface area contributed by atoms with Crippen molar-refractivity contribution in [3.8, 4) is 0 Å². The van der Waals surface area contributed by atoms with Gasteiger partial charge >= 0.3 is 0 Å². The predicted molar refractivity (Wildman–Crippen MR) is 147 cm³/mol. The molecule has 0 spiro atoms. The van der Waals surface area contributed by atoms with Crippen LogP contribution in [-0.2, 0) is 10.1 Å². The van der Waals surface area contributed by atoms with Crippen molar-refractivity contribution in [1.29, 1.82) is 0 Å². The lowest BCUT2D eigenvalue weighted by atomic mass is 10.1. The second kappa shape index (κ2) is 11.0. The van der Waals surface area contributed by atoms with Crippen molar-refractivity contribution in [2.75, 3.05) is 16.8 Å². The molecule has 5 nitrogen and oxygen atoms in total. The number of nitrogens with one attached hydrogen (secondary N) is 1. The van der Waals surface area contributed by atoms with E-state index in [1.807, 2.05) is 36.9 Å². The smallest absolute Gasteiger partial charge is 0.294 e. The van der Waals surface area contributed by atoms with Crippen molar-refractivity contribution in [1.82, 2.24) is 0 Å². The van der Waals surface area contributed by atoms with Crippen molar-refractivity contribution in [3.63, 3.8) is 0 Å². The second-order valence-corrected chi connectivity index (χ2v) is 10.7. The Kier molecular flexibility index (Phi) is 7.80. The van der Waals surface area contributed by atoms with Gasteiger partial charge in [-0.3, -0.25) is 4.55 Å². The van der Waals surface area contributed by atoms with Crippen LogP contribution in [0.25, 0.3) is 10.8 Å². The Hall–Kier alpha value is -3.26. The molecule has 0 saturated carbocycles. The van der Waals surface area contributed by atoms with E-state index in [9.17, 15) is 8.42 Å². The number of anilines is 2. The van der Waals surface area contributed by atoms with Crippen LogP contribution in [0.2, 0.25) is 0 Å². The van der Waals surface area contributed by atoms with Gasteiger partial charge in [0, 0.05) is 22.5 Å². The number of likely N-dealkylation sites (N-methyl/N-ethyl adjacent to an activating group) is 1. The molecule has 1 heterocycles. The van der Waals surface area contributed by atoms with E-state index in [0.29, 0.717) is 5.37 Å². The van der Waals surface area contributed by atoms with Gasteiger partial charge in [-0.05, 0) is 61.8 Å². The third-order valence-corrected chi connectivity index (χ3v) is 7.75. The van der Waals surface area contributed by atoms with Crippen LogP contribution in [0.3, 0.4) is 0 Å². The Labute approximate surface area is 211 Å². The maximum absolute atomic E-state index is 10.5. The number of thioether (sulfide) groups is 1. The van der Waals surface area contributed by atoms with E-state index < -0.39 is 10.1 Å². The van der Waals surface area contributed by atoms with Crippen LogP contribution in [0, 0.1) is 6.92 Å². The highest BCUT2D eigenvalue weighted by molar-refractivity contribution is 8.00. The van der Waals surface area contributed by atoms with E-state index in [2.05, 4.69) is 77.9 Å². The molecule has 4 aromatic rings. The SMILES string of the molecule is CCN1c2c(ccc3ccccc23)SC1C=CNc1ccccc1.Cc1ccc(S(=O)(=O)O)cc1. The molecular formula is C28H28N2O3S2. The molecule has 7 heteroatoms. The Morgan fingerprint density at radius 3 is 2.31 bits per heavy atom. The van der Waals surface area contributed by atoms with Gasteiger partial charge in [0.25, 0.3) is 10.1 Å². The highest BCUT2D eigenvalue weighted by Gasteiger charge is 2.28. The molecule has 0 amide bonds. The van der Waals surface area contributed by atoms with E-state index >= 15 is 0 Å². The summed E-state index contributed by atoms with van der Waals surface area (Å²) < 4.78 is 29.6. The Morgan fingerprint density at radius 2 is 1.63 bits per heavy atom. The molecule has 0 radical (unpaired) electrons. The minimum Gasteiger partial charge on any atom is -0.362 e. The Morgan fingerprint density at radius 1 is 0.943 bits per heavy atom. The van der Waals surface area contributed by atoms with Crippen molar-refractivity contribution < 1.29 is 13.0 Å². The highest BCUT2D eigenvalue weighted by Crippen LogP contribution is 2.47. The number of hydrogen-bond donors (Lipinski definition) is 2. The summed E-state index contributed by atoms with van der Waals surface area (Å²) in [6.07, 6.45) is 4.31. The quantitative estimate of drug-likeness (QED) is 0.286. The minimum absolute atomic E-state index is 0.0666. The van der Waals surface area contributed by atoms with E-state index in [4.69, 9.17) is 4.55 Å². The van der Waals surface area contributed by atoms with E-state index in [-0.39, 0.29) is 4.90 Å². The molecule has 4 aromatic carbocycles. The van der Waals surface area contributed by atoms with Gasteiger partial charge < -0.3 is 10.2 Å². The largest absolute Gasteiger partial charge is 0.362 e. The number of hydrogen-bond acceptors (Lipinski definition) is 5. The van der Waals surface area contributed by atoms with Crippen molar-refractivity contribution in [2.45, 2.75) is 29.0 Å². The Bertz CT molecular complexity index is 1420. The molecule has 0 fully saturated rings. The summed E-state index contributed by atoms with van der Waals surface area (Å²) in [4.78, 5) is 3.78. The molecule has 1 atom stereocenters. The van der Waals surface area contributed by atoms with E-state index in [1.165, 1.54) is 33.5 Å². The summed E-state index contributed by atoms with van der Waals surface area (Å²) in [7, 11) is -4.02. The van der Waals surface area contributed by atoms with Gasteiger partial charge in [-0.1, -0.05) is 78.0 Å². The molecule has 180 valence electrons. The maximum Gasteiger partial charge on any atom is 0.294 e. The first-order valence-electron chi connectivity index (χ1n) is 11.3. The Balaban J connectivity index is 0.000000221. The van der Waals surface area contributed by atoms with Crippen LogP contribution in [0.4, 0.5) is 11.4 Å². The van der Waals surface area contributed by atoms with Crippen LogP contribution < -0.4 is 10.2 Å². The third kappa shape index (κ3) is 6.06. The summed E-state index contributed by atoms with van der Waals surface area (Å²) in [5.74, 6) is 0. The van der Waals surface area contributed by atoms with Crippen LogP contribution in [0.1, 0.15) is 12.5 Å². The first kappa shape index (κ1) is 24.9. The van der Waals surface area contributed by atoms with Crippen LogP contribution >= 0.6 is 11.8 Å². The number of nitrogens with zero attached hydrogens (tertiary/aromatic N) is 1. The molecule has 0 aromatic heterocycles. The molecule has 0 bridgehead atoms. The van der Waals surface area contributed by atoms with Gasteiger partial charge in [-0.2, -0.15) is 8.42 Å². The molecule has 0 saturated heterocycles. The number of rotatable bonds is 5. The summed E-state index contributed by atoms with van der Waals surface area (Å²) in [6, 6.07) is 29.4. The lowest BCUT2D eigenvalue weighted by molar-refractivity contribution is 0.483. The zero-order chi connectivity index (χ0) is 24.8. The molecule has 1 aliphatic heterocycles. The lowest BCUT2D eigenvalue weighted by Crippen LogP contribution is -2.27. The third-order valence-electron chi connectivity index (χ3n) is 5.65. The first-order valence-corrected chi connectivity index (χ1v) is 13.7. The number of benzene rings is 4. The van der Waals surface area contributed by atoms with Crippen molar-refractivity contribution in [2.24, 2.45) is 0 Å². The van der Waals surface area contributed by atoms with Gasteiger partial charge in [0.15, 0.2) is 0 Å². The van der Waals surface area contributed by atoms with Gasteiger partial charge in [-0.25, -0.2) is 0 Å². The number of fused-ring (bicyclic) bond motifs is 3. The fourth-order valence-electron chi connectivity index (χ4n) is 3.90. The summed E-state index contributed by atoms with van der Waals surface area (Å²) >= 11 is 1.92. The zero-order valence-corrected chi connectivity index (χ0v) is 21.3. The van der Waals surface area contributed by atoms with Crippen LogP contribution in [0.5, 0.6) is 0 Å². The average molecular weight is 505 g/mol. The van der Waals surface area contributed by atoms with Gasteiger partial charge in [0.1, 0.15) is 0 Å². The molecule has 5 rings (SSSR count). The molecular weight excluding hydrogens is 476 g/mol. The standard InChI is InChI=1S/C21H20N2S.C7H8O3S/c1-2-23-20(14-15-22-17-9-4-3-5-10-17)24-19-13-12-16-8-6-7-11-18(16)21(19)23;1-6-2-4-7(5-3-6)11(8,9)10/h3-15,20,22H,2H2,1H3;2-5H,1H3,(H,8,9,10). The number of para-hydroxylation sites is 1. The normalized spacial score (nSPS) is 15.1. The molecule has 1 unspecified atom stereocenters. The van der Waals surface area contributed by atoms with E-state index in [0.717, 1.165) is 17.8 Å². The second-order valence-electron chi connectivity index (χ2n) is 8.09. The van der Waals surface area contributed by atoms with E-state index in [1.54, 1.807) is 12.1 Å². The zero-order valence-electron chi connectivity index (χ0n) is 19.6. The topological polar surface area (TPSA) is 69.6 Å². The van der Waals surface area contributed by atoms with Crippen LogP contribution in [-0.4, -0.2) is 24.9 Å². The number of aryl methyl sites for hydroxylation is 1. The molecule has 1 aliphatic rings. The van der Waals surface area contributed by atoms with Crippen LogP contribution in [0.15, 0.2) is 113 Å². The summed E-state index contributed by atoms with van der Waals surface area (Å²) in [5.41, 5.74) is 3.44. The lowest BCUT2D eigenvalue weighted by Gasteiger charge is -2.23. The first-order chi connectivity index (χ1) is 16.9.